The molecule has 0 unspecified atom stereocenters. The number of tetrazole rings is 1. The summed E-state index contributed by atoms with van der Waals surface area (Å²) < 4.78 is 6.86. The van der Waals surface area contributed by atoms with Crippen LogP contribution in [0.1, 0.15) is 5.76 Å². The van der Waals surface area contributed by atoms with Gasteiger partial charge in [-0.1, -0.05) is 0 Å². The van der Waals surface area contributed by atoms with Crippen LogP contribution >= 0.6 is 0 Å². The van der Waals surface area contributed by atoms with Gasteiger partial charge in [-0.15, -0.1) is 14.8 Å². The fraction of sp³-hybridized carbons (Fsp3) is 0.385. The van der Waals surface area contributed by atoms with Crippen molar-refractivity contribution in [2.45, 2.75) is 6.54 Å². The first-order chi connectivity index (χ1) is 10.4. The quantitative estimate of drug-likeness (QED) is 0.691. The van der Waals surface area contributed by atoms with E-state index >= 15 is 0 Å². The van der Waals surface area contributed by atoms with Gasteiger partial charge in [-0.05, 0) is 34.7 Å². The molecule has 108 valence electrons. The predicted octanol–water partition coefficient (Wildman–Crippen LogP) is 0.434. The maximum absolute atomic E-state index is 5.39. The van der Waals surface area contributed by atoms with E-state index < -0.39 is 0 Å². The van der Waals surface area contributed by atoms with Crippen molar-refractivity contribution in [2.75, 3.05) is 31.1 Å². The summed E-state index contributed by atoms with van der Waals surface area (Å²) in [6.07, 6.45) is 1.72. The number of nitrogens with zero attached hydrogens (tertiary/aromatic N) is 7. The Morgan fingerprint density at radius 3 is 2.81 bits per heavy atom. The number of rotatable bonds is 3. The largest absolute Gasteiger partial charge is 0.468 e. The van der Waals surface area contributed by atoms with Crippen molar-refractivity contribution in [3.8, 4) is 0 Å². The van der Waals surface area contributed by atoms with E-state index in [9.17, 15) is 0 Å². The van der Waals surface area contributed by atoms with Crippen molar-refractivity contribution in [1.29, 1.82) is 0 Å². The van der Waals surface area contributed by atoms with Crippen LogP contribution in [0.25, 0.3) is 5.65 Å². The highest BCUT2D eigenvalue weighted by atomic mass is 16.3. The second-order valence-electron chi connectivity index (χ2n) is 5.06. The lowest BCUT2D eigenvalue weighted by Crippen LogP contribution is -2.46. The van der Waals surface area contributed by atoms with Crippen molar-refractivity contribution in [2.24, 2.45) is 0 Å². The third-order valence-electron chi connectivity index (χ3n) is 3.71. The van der Waals surface area contributed by atoms with Crippen molar-refractivity contribution in [1.82, 2.24) is 30.2 Å². The van der Waals surface area contributed by atoms with E-state index in [1.54, 1.807) is 6.26 Å². The van der Waals surface area contributed by atoms with Gasteiger partial charge in [0.25, 0.3) is 0 Å². The molecule has 3 aromatic heterocycles. The molecule has 0 aromatic carbocycles. The molecular formula is C13H15N7O. The first-order valence-electron chi connectivity index (χ1n) is 6.93. The summed E-state index contributed by atoms with van der Waals surface area (Å²) in [5.41, 5.74) is 0.662. The number of aromatic nitrogens is 5. The van der Waals surface area contributed by atoms with Crippen LogP contribution in [0.3, 0.4) is 0 Å². The van der Waals surface area contributed by atoms with Gasteiger partial charge in [0.05, 0.1) is 12.8 Å². The highest BCUT2D eigenvalue weighted by molar-refractivity contribution is 5.44. The van der Waals surface area contributed by atoms with E-state index in [1.807, 2.05) is 24.3 Å². The van der Waals surface area contributed by atoms with E-state index in [-0.39, 0.29) is 0 Å². The summed E-state index contributed by atoms with van der Waals surface area (Å²) >= 11 is 0. The van der Waals surface area contributed by atoms with Gasteiger partial charge in [-0.25, -0.2) is 0 Å². The molecule has 0 radical (unpaired) electrons. The average molecular weight is 285 g/mol. The number of hydrogen-bond donors (Lipinski definition) is 0. The van der Waals surface area contributed by atoms with Gasteiger partial charge in [-0.3, -0.25) is 4.90 Å². The van der Waals surface area contributed by atoms with Crippen molar-refractivity contribution < 1.29 is 4.42 Å². The lowest BCUT2D eigenvalue weighted by atomic mass is 10.3. The van der Waals surface area contributed by atoms with Crippen LogP contribution in [0.2, 0.25) is 0 Å². The van der Waals surface area contributed by atoms with Gasteiger partial charge in [0, 0.05) is 26.2 Å². The first kappa shape index (κ1) is 12.3. The highest BCUT2D eigenvalue weighted by Crippen LogP contribution is 2.15. The van der Waals surface area contributed by atoms with Crippen molar-refractivity contribution >= 4 is 11.5 Å². The fourth-order valence-corrected chi connectivity index (χ4v) is 2.57. The molecule has 0 aliphatic carbocycles. The molecule has 0 spiro atoms. The third kappa shape index (κ3) is 2.45. The Labute approximate surface area is 120 Å². The van der Waals surface area contributed by atoms with Crippen molar-refractivity contribution in [3.05, 3.63) is 36.3 Å². The smallest absolute Gasteiger partial charge is 0.200 e. The van der Waals surface area contributed by atoms with Crippen LogP contribution in [0.5, 0.6) is 0 Å². The molecule has 1 fully saturated rings. The van der Waals surface area contributed by atoms with Crippen LogP contribution in [-0.4, -0.2) is 56.3 Å². The lowest BCUT2D eigenvalue weighted by Gasteiger charge is -2.34. The van der Waals surface area contributed by atoms with Crippen LogP contribution in [-0.2, 0) is 6.54 Å². The topological polar surface area (TPSA) is 75.6 Å². The zero-order valence-corrected chi connectivity index (χ0v) is 11.5. The van der Waals surface area contributed by atoms with Crippen LogP contribution < -0.4 is 4.90 Å². The number of piperazine rings is 1. The predicted molar refractivity (Wildman–Crippen MR) is 74.8 cm³/mol. The molecule has 0 amide bonds. The Morgan fingerprint density at radius 1 is 1.10 bits per heavy atom. The molecule has 0 saturated carbocycles. The van der Waals surface area contributed by atoms with Gasteiger partial charge < -0.3 is 9.32 Å². The molecule has 0 atom stereocenters. The first-order valence-corrected chi connectivity index (χ1v) is 6.93. The van der Waals surface area contributed by atoms with E-state index in [0.717, 1.165) is 44.3 Å². The summed E-state index contributed by atoms with van der Waals surface area (Å²) in [5.74, 6) is 1.92. The van der Waals surface area contributed by atoms with Crippen LogP contribution in [0.15, 0.2) is 34.9 Å². The summed E-state index contributed by atoms with van der Waals surface area (Å²) in [5, 5.41) is 15.7. The summed E-state index contributed by atoms with van der Waals surface area (Å²) in [6.45, 7) is 4.69. The molecular weight excluding hydrogens is 270 g/mol. The summed E-state index contributed by atoms with van der Waals surface area (Å²) in [7, 11) is 0. The van der Waals surface area contributed by atoms with E-state index in [4.69, 9.17) is 4.42 Å². The Morgan fingerprint density at radius 2 is 2.00 bits per heavy atom. The van der Waals surface area contributed by atoms with E-state index in [1.165, 1.54) is 4.63 Å². The second-order valence-corrected chi connectivity index (χ2v) is 5.06. The highest BCUT2D eigenvalue weighted by Gasteiger charge is 2.19. The molecule has 4 heterocycles. The minimum Gasteiger partial charge on any atom is -0.468 e. The Kier molecular flexibility index (Phi) is 3.00. The number of fused-ring (bicyclic) bond motifs is 1. The molecule has 8 nitrogen and oxygen atoms in total. The SMILES string of the molecule is c1coc(CN2CCN(c3ccc4nnnn4n3)CC2)c1. The average Bonchev–Trinajstić information content (AvgIpc) is 3.18. The Hall–Kier alpha value is -2.48. The van der Waals surface area contributed by atoms with Gasteiger partial charge in [-0.2, -0.15) is 0 Å². The summed E-state index contributed by atoms with van der Waals surface area (Å²) in [6, 6.07) is 7.79. The maximum Gasteiger partial charge on any atom is 0.200 e. The molecule has 1 aliphatic heterocycles. The third-order valence-corrected chi connectivity index (χ3v) is 3.71. The number of furan rings is 1. The van der Waals surface area contributed by atoms with E-state index in [0.29, 0.717) is 5.65 Å². The summed E-state index contributed by atoms with van der Waals surface area (Å²) in [4.78, 5) is 4.63. The molecule has 1 saturated heterocycles. The fourth-order valence-electron chi connectivity index (χ4n) is 2.57. The zero-order valence-electron chi connectivity index (χ0n) is 11.5. The number of anilines is 1. The standard InChI is InChI=1S/C13H15N7O/c1-2-11(21-9-1)10-18-5-7-19(8-6-18)13-4-3-12-14-16-17-20(12)15-13/h1-4,9H,5-8,10H2. The van der Waals surface area contributed by atoms with Gasteiger partial charge in [0.2, 0.25) is 0 Å². The van der Waals surface area contributed by atoms with Crippen molar-refractivity contribution in [3.63, 3.8) is 0 Å². The van der Waals surface area contributed by atoms with Gasteiger partial charge >= 0.3 is 0 Å². The Balaban J connectivity index is 1.42. The molecule has 4 rings (SSSR count). The minimum absolute atomic E-state index is 0.662. The Bertz CT molecular complexity index is 715. The molecule has 21 heavy (non-hydrogen) atoms. The minimum atomic E-state index is 0.662. The number of hydrogen-bond acceptors (Lipinski definition) is 7. The maximum atomic E-state index is 5.39. The molecule has 0 bridgehead atoms. The van der Waals surface area contributed by atoms with Crippen LogP contribution in [0.4, 0.5) is 5.82 Å². The zero-order chi connectivity index (χ0) is 14.1. The molecule has 0 N–H and O–H groups in total. The second kappa shape index (κ2) is 5.13. The molecule has 3 aromatic rings. The van der Waals surface area contributed by atoms with E-state index in [2.05, 4.69) is 30.4 Å². The monoisotopic (exact) mass is 285 g/mol. The lowest BCUT2D eigenvalue weighted by molar-refractivity contribution is 0.230. The molecule has 1 aliphatic rings. The van der Waals surface area contributed by atoms with Gasteiger partial charge in [0.1, 0.15) is 5.76 Å². The molecule has 8 heteroatoms. The van der Waals surface area contributed by atoms with Gasteiger partial charge in [0.15, 0.2) is 11.5 Å². The van der Waals surface area contributed by atoms with Crippen LogP contribution in [0, 0.1) is 0 Å². The normalized spacial score (nSPS) is 16.7.